The molecule has 1 amide bonds. The fourth-order valence-corrected chi connectivity index (χ4v) is 5.22. The number of carbonyl (C=O) groups is 1. The van der Waals surface area contributed by atoms with E-state index in [0.29, 0.717) is 30.0 Å². The van der Waals surface area contributed by atoms with Gasteiger partial charge in [0.2, 0.25) is 5.91 Å². The minimum Gasteiger partial charge on any atom is -0.493 e. The molecule has 1 aliphatic rings. The van der Waals surface area contributed by atoms with Crippen LogP contribution in [0, 0.1) is 5.92 Å². The Hall–Kier alpha value is -2.53. The molecule has 0 aromatic heterocycles. The monoisotopic (exact) mass is 438 g/mol. The number of hydrogen-bond acceptors (Lipinski definition) is 4. The van der Waals surface area contributed by atoms with Crippen LogP contribution in [0.2, 0.25) is 0 Å². The molecular weight excluding hydrogens is 400 g/mol. The molecule has 3 rings (SSSR count). The Bertz CT molecular complexity index is 901. The van der Waals surface area contributed by atoms with Crippen molar-refractivity contribution in [2.45, 2.75) is 51.6 Å². The van der Waals surface area contributed by atoms with Crippen molar-refractivity contribution >= 4 is 5.91 Å². The fraction of sp³-hybridized carbons (Fsp3) is 0.519. The third kappa shape index (κ3) is 5.09. The lowest BCUT2D eigenvalue weighted by molar-refractivity contribution is -0.129. The summed E-state index contributed by atoms with van der Waals surface area (Å²) in [6.45, 7) is 8.68. The van der Waals surface area contributed by atoms with Gasteiger partial charge in [0, 0.05) is 38.0 Å². The first-order valence-electron chi connectivity index (χ1n) is 11.5. The van der Waals surface area contributed by atoms with Gasteiger partial charge in [-0.15, -0.1) is 0 Å². The Morgan fingerprint density at radius 3 is 2.41 bits per heavy atom. The summed E-state index contributed by atoms with van der Waals surface area (Å²) in [4.78, 5) is 17.0. The van der Waals surface area contributed by atoms with Crippen molar-refractivity contribution in [1.29, 1.82) is 0 Å². The highest BCUT2D eigenvalue weighted by molar-refractivity contribution is 5.73. The number of nitrogens with zero attached hydrogens (tertiary/aromatic N) is 2. The van der Waals surface area contributed by atoms with Crippen LogP contribution in [0.4, 0.5) is 0 Å². The summed E-state index contributed by atoms with van der Waals surface area (Å²) < 4.78 is 10.8. The molecule has 0 spiro atoms. The Morgan fingerprint density at radius 2 is 1.78 bits per heavy atom. The van der Waals surface area contributed by atoms with Gasteiger partial charge in [-0.2, -0.15) is 0 Å². The maximum Gasteiger partial charge on any atom is 0.219 e. The summed E-state index contributed by atoms with van der Waals surface area (Å²) in [7, 11) is 5.48. The number of carbonyl (C=O) groups excluding carboxylic acids is 1. The third-order valence-corrected chi connectivity index (χ3v) is 7.36. The van der Waals surface area contributed by atoms with E-state index in [9.17, 15) is 4.79 Å². The van der Waals surface area contributed by atoms with Crippen LogP contribution >= 0.6 is 0 Å². The summed E-state index contributed by atoms with van der Waals surface area (Å²) in [6, 6.07) is 17.3. The smallest absolute Gasteiger partial charge is 0.219 e. The van der Waals surface area contributed by atoms with Crippen LogP contribution in [0.3, 0.4) is 0 Å². The van der Waals surface area contributed by atoms with E-state index in [-0.39, 0.29) is 11.3 Å². The van der Waals surface area contributed by atoms with Gasteiger partial charge in [-0.1, -0.05) is 43.3 Å². The van der Waals surface area contributed by atoms with Gasteiger partial charge in [0.25, 0.3) is 0 Å². The molecule has 1 fully saturated rings. The van der Waals surface area contributed by atoms with E-state index in [0.717, 1.165) is 31.5 Å². The molecule has 0 unspecified atom stereocenters. The second kappa shape index (κ2) is 10.4. The molecule has 0 N–H and O–H groups in total. The zero-order chi connectivity index (χ0) is 23.3. The lowest BCUT2D eigenvalue weighted by Crippen LogP contribution is -2.52. The van der Waals surface area contributed by atoms with Gasteiger partial charge >= 0.3 is 0 Å². The first-order valence-corrected chi connectivity index (χ1v) is 11.5. The quantitative estimate of drug-likeness (QED) is 0.597. The van der Waals surface area contributed by atoms with E-state index in [1.807, 2.05) is 23.1 Å². The number of benzene rings is 2. The minimum absolute atomic E-state index is 0.0541. The van der Waals surface area contributed by atoms with Crippen LogP contribution in [-0.4, -0.2) is 56.1 Å². The highest BCUT2D eigenvalue weighted by Gasteiger charge is 2.43. The third-order valence-electron chi connectivity index (χ3n) is 7.36. The number of hydrogen-bond donors (Lipinski definition) is 0. The predicted octanol–water partition coefficient (Wildman–Crippen LogP) is 4.74. The van der Waals surface area contributed by atoms with Gasteiger partial charge in [-0.05, 0) is 56.0 Å². The van der Waals surface area contributed by atoms with Crippen LogP contribution in [0.15, 0.2) is 48.5 Å². The molecule has 3 atom stereocenters. The molecule has 1 saturated heterocycles. The average Bonchev–Trinajstić information content (AvgIpc) is 2.79. The predicted molar refractivity (Wildman–Crippen MR) is 129 cm³/mol. The van der Waals surface area contributed by atoms with Crippen molar-refractivity contribution in [2.75, 3.05) is 34.4 Å². The standard InChI is InChI=1S/C27H38N2O3/c1-20-18-28(4)21(2)17-27(20,24-10-8-7-9-11-24)14-15-29(22(3)30)19-23-12-13-25(31-5)26(16-23)32-6/h7-13,16,20-21H,14-15,17-19H2,1-6H3/t20-,21+,27-/m0/s1. The van der Waals surface area contributed by atoms with Crippen LogP contribution in [-0.2, 0) is 16.8 Å². The molecule has 0 bridgehead atoms. The Morgan fingerprint density at radius 1 is 1.09 bits per heavy atom. The van der Waals surface area contributed by atoms with Crippen LogP contribution < -0.4 is 9.47 Å². The van der Waals surface area contributed by atoms with Crippen LogP contribution in [0.25, 0.3) is 0 Å². The number of methoxy groups -OCH3 is 2. The number of rotatable bonds is 8. The summed E-state index contributed by atoms with van der Waals surface area (Å²) in [6.07, 6.45) is 2.04. The van der Waals surface area contributed by atoms with Crippen molar-refractivity contribution in [2.24, 2.45) is 5.92 Å². The zero-order valence-corrected chi connectivity index (χ0v) is 20.4. The molecule has 5 nitrogen and oxygen atoms in total. The van der Waals surface area contributed by atoms with Gasteiger partial charge in [-0.3, -0.25) is 4.79 Å². The van der Waals surface area contributed by atoms with E-state index in [1.165, 1.54) is 5.56 Å². The summed E-state index contributed by atoms with van der Waals surface area (Å²) in [5, 5.41) is 0. The van der Waals surface area contributed by atoms with E-state index in [1.54, 1.807) is 21.1 Å². The molecule has 2 aromatic rings. The summed E-state index contributed by atoms with van der Waals surface area (Å²) >= 11 is 0. The Balaban J connectivity index is 1.84. The second-order valence-corrected chi connectivity index (χ2v) is 9.30. The lowest BCUT2D eigenvalue weighted by atomic mass is 9.63. The molecule has 5 heteroatoms. The molecule has 0 radical (unpaired) electrons. The molecule has 1 heterocycles. The van der Waals surface area contributed by atoms with Gasteiger partial charge in [0.05, 0.1) is 14.2 Å². The molecule has 1 aliphatic heterocycles. The van der Waals surface area contributed by atoms with Crippen LogP contribution in [0.5, 0.6) is 11.5 Å². The Labute approximate surface area is 193 Å². The van der Waals surface area contributed by atoms with E-state index in [4.69, 9.17) is 9.47 Å². The van der Waals surface area contributed by atoms with E-state index >= 15 is 0 Å². The number of amides is 1. The first-order chi connectivity index (χ1) is 15.3. The fourth-order valence-electron chi connectivity index (χ4n) is 5.22. The second-order valence-electron chi connectivity index (χ2n) is 9.30. The lowest BCUT2D eigenvalue weighted by Gasteiger charge is -2.50. The van der Waals surface area contributed by atoms with Crippen molar-refractivity contribution in [3.8, 4) is 11.5 Å². The molecule has 0 aliphatic carbocycles. The number of likely N-dealkylation sites (tertiary alicyclic amines) is 1. The molecule has 0 saturated carbocycles. The normalized spacial score (nSPS) is 23.6. The highest BCUT2D eigenvalue weighted by atomic mass is 16.5. The molecule has 2 aromatic carbocycles. The van der Waals surface area contributed by atoms with E-state index < -0.39 is 0 Å². The van der Waals surface area contributed by atoms with Crippen molar-refractivity contribution in [3.63, 3.8) is 0 Å². The minimum atomic E-state index is 0.0541. The molecule has 32 heavy (non-hydrogen) atoms. The largest absolute Gasteiger partial charge is 0.493 e. The molecular formula is C27H38N2O3. The van der Waals surface area contributed by atoms with Crippen LogP contribution in [0.1, 0.15) is 44.7 Å². The van der Waals surface area contributed by atoms with E-state index in [2.05, 4.69) is 56.1 Å². The van der Waals surface area contributed by atoms with Crippen molar-refractivity contribution in [1.82, 2.24) is 9.80 Å². The summed E-state index contributed by atoms with van der Waals surface area (Å²) in [5.74, 6) is 1.98. The molecule has 174 valence electrons. The topological polar surface area (TPSA) is 42.0 Å². The summed E-state index contributed by atoms with van der Waals surface area (Å²) in [5.41, 5.74) is 2.48. The highest BCUT2D eigenvalue weighted by Crippen LogP contribution is 2.44. The van der Waals surface area contributed by atoms with Crippen molar-refractivity contribution < 1.29 is 14.3 Å². The van der Waals surface area contributed by atoms with Gasteiger partial charge in [-0.25, -0.2) is 0 Å². The Kier molecular flexibility index (Phi) is 7.83. The number of ether oxygens (including phenoxy) is 2. The van der Waals surface area contributed by atoms with Gasteiger partial charge < -0.3 is 19.3 Å². The first kappa shape index (κ1) is 24.1. The maximum atomic E-state index is 12.6. The maximum absolute atomic E-state index is 12.6. The zero-order valence-electron chi connectivity index (χ0n) is 20.4. The SMILES string of the molecule is COc1ccc(CN(CC[C@]2(c3ccccc3)C[C@@H](C)N(C)C[C@@H]2C)C(C)=O)cc1OC. The van der Waals surface area contributed by atoms with Gasteiger partial charge in [0.1, 0.15) is 0 Å². The number of piperidine rings is 1. The van der Waals surface area contributed by atoms with Gasteiger partial charge in [0.15, 0.2) is 11.5 Å². The average molecular weight is 439 g/mol. The van der Waals surface area contributed by atoms with Crippen molar-refractivity contribution in [3.05, 3.63) is 59.7 Å².